The Morgan fingerprint density at radius 2 is 1.83 bits per heavy atom. The Bertz CT molecular complexity index is 1020. The third-order valence-corrected chi connectivity index (χ3v) is 4.89. The summed E-state index contributed by atoms with van der Waals surface area (Å²) in [6.07, 6.45) is 0.329. The van der Waals surface area contributed by atoms with E-state index in [1.165, 1.54) is 24.3 Å². The normalized spacial score (nSPS) is 10.2. The van der Waals surface area contributed by atoms with Gasteiger partial charge < -0.3 is 15.4 Å². The first-order valence-corrected chi connectivity index (χ1v) is 9.86. The molecular formula is C22H20N2O4S. The van der Waals surface area contributed by atoms with Gasteiger partial charge in [-0.3, -0.25) is 14.4 Å². The minimum absolute atomic E-state index is 0.0809. The van der Waals surface area contributed by atoms with Gasteiger partial charge in [0.2, 0.25) is 5.91 Å². The first kappa shape index (κ1) is 20.3. The lowest BCUT2D eigenvalue weighted by Gasteiger charge is -2.12. The lowest BCUT2D eigenvalue weighted by molar-refractivity contribution is -0.131. The zero-order valence-corrected chi connectivity index (χ0v) is 16.6. The summed E-state index contributed by atoms with van der Waals surface area (Å²) in [5.41, 5.74) is 1.75. The Labute approximate surface area is 172 Å². The molecule has 148 valence electrons. The van der Waals surface area contributed by atoms with Gasteiger partial charge in [0.25, 0.3) is 5.91 Å². The van der Waals surface area contributed by atoms with Crippen LogP contribution in [0.25, 0.3) is 0 Å². The predicted octanol–water partition coefficient (Wildman–Crippen LogP) is 3.78. The second-order valence-corrected chi connectivity index (χ2v) is 7.30. The number of thiophene rings is 1. The summed E-state index contributed by atoms with van der Waals surface area (Å²) in [4.78, 5) is 36.8. The summed E-state index contributed by atoms with van der Waals surface area (Å²) >= 11 is 1.54. The van der Waals surface area contributed by atoms with Gasteiger partial charge in [-0.25, -0.2) is 0 Å². The second kappa shape index (κ2) is 9.66. The number of hydrogen-bond acceptors (Lipinski definition) is 5. The van der Waals surface area contributed by atoms with Crippen LogP contribution in [0.1, 0.15) is 27.7 Å². The maximum Gasteiger partial charge on any atom is 0.308 e. The molecule has 0 aliphatic carbocycles. The van der Waals surface area contributed by atoms with Crippen LogP contribution < -0.4 is 15.4 Å². The maximum absolute atomic E-state index is 12.6. The highest BCUT2D eigenvalue weighted by Crippen LogP contribution is 2.19. The van der Waals surface area contributed by atoms with E-state index >= 15 is 0 Å². The molecule has 6 nitrogen and oxygen atoms in total. The number of esters is 1. The van der Waals surface area contributed by atoms with E-state index in [1.54, 1.807) is 24.3 Å². The molecule has 2 aromatic carbocycles. The summed E-state index contributed by atoms with van der Waals surface area (Å²) < 4.78 is 5.02. The minimum atomic E-state index is -0.453. The van der Waals surface area contributed by atoms with E-state index in [9.17, 15) is 14.4 Å². The monoisotopic (exact) mass is 408 g/mol. The third kappa shape index (κ3) is 6.02. The molecule has 0 aliphatic rings. The topological polar surface area (TPSA) is 84.5 Å². The number of nitrogens with one attached hydrogen (secondary N) is 2. The summed E-state index contributed by atoms with van der Waals surface area (Å²) in [5, 5.41) is 7.66. The zero-order valence-electron chi connectivity index (χ0n) is 15.8. The van der Waals surface area contributed by atoms with Crippen molar-refractivity contribution in [3.63, 3.8) is 0 Å². The Morgan fingerprint density at radius 1 is 1.00 bits per heavy atom. The minimum Gasteiger partial charge on any atom is -0.427 e. The number of benzene rings is 2. The van der Waals surface area contributed by atoms with Crippen molar-refractivity contribution in [2.45, 2.75) is 19.9 Å². The van der Waals surface area contributed by atoms with Crippen LogP contribution in [0, 0.1) is 0 Å². The average molecular weight is 408 g/mol. The van der Waals surface area contributed by atoms with Gasteiger partial charge >= 0.3 is 5.97 Å². The average Bonchev–Trinajstić information content (AvgIpc) is 3.20. The molecule has 0 radical (unpaired) electrons. The molecule has 3 rings (SSSR count). The Morgan fingerprint density at radius 3 is 2.59 bits per heavy atom. The highest BCUT2D eigenvalue weighted by atomic mass is 32.1. The fourth-order valence-electron chi connectivity index (χ4n) is 2.69. The van der Waals surface area contributed by atoms with Gasteiger partial charge in [-0.1, -0.05) is 30.3 Å². The van der Waals surface area contributed by atoms with Crippen LogP contribution in [0.4, 0.5) is 5.69 Å². The molecule has 1 aromatic heterocycles. The molecule has 0 bridgehead atoms. The lowest BCUT2D eigenvalue weighted by Crippen LogP contribution is -2.25. The quantitative estimate of drug-likeness (QED) is 0.460. The van der Waals surface area contributed by atoms with Crippen molar-refractivity contribution < 1.29 is 19.1 Å². The van der Waals surface area contributed by atoms with E-state index in [4.69, 9.17) is 4.74 Å². The number of hydrogen-bond donors (Lipinski definition) is 2. The number of ether oxygens (including phenoxy) is 1. The Hall–Kier alpha value is -3.45. The van der Waals surface area contributed by atoms with Gasteiger partial charge in [-0.05, 0) is 41.3 Å². The summed E-state index contributed by atoms with van der Waals surface area (Å²) in [7, 11) is 0. The Kier molecular flexibility index (Phi) is 6.76. The molecule has 0 fully saturated rings. The van der Waals surface area contributed by atoms with Gasteiger partial charge in [0, 0.05) is 29.6 Å². The molecule has 2 N–H and O–H groups in total. The highest BCUT2D eigenvalue weighted by molar-refractivity contribution is 7.10. The van der Waals surface area contributed by atoms with Crippen molar-refractivity contribution in [3.8, 4) is 5.75 Å². The number of anilines is 1. The van der Waals surface area contributed by atoms with Crippen LogP contribution in [-0.2, 0) is 22.6 Å². The molecule has 7 heteroatoms. The lowest BCUT2D eigenvalue weighted by atomic mass is 10.1. The first-order chi connectivity index (χ1) is 14.0. The van der Waals surface area contributed by atoms with Gasteiger partial charge in [0.1, 0.15) is 5.75 Å². The predicted molar refractivity (Wildman–Crippen MR) is 112 cm³/mol. The molecule has 2 amide bonds. The number of carbonyl (C=O) groups excluding carboxylic acids is 3. The van der Waals surface area contributed by atoms with E-state index in [0.717, 1.165) is 10.4 Å². The van der Waals surface area contributed by atoms with Crippen molar-refractivity contribution in [2.24, 2.45) is 0 Å². The van der Waals surface area contributed by atoms with Crippen molar-refractivity contribution in [2.75, 3.05) is 5.32 Å². The molecule has 0 atom stereocenters. The zero-order chi connectivity index (χ0) is 20.6. The molecule has 0 saturated heterocycles. The number of rotatable bonds is 7. The van der Waals surface area contributed by atoms with Gasteiger partial charge in [0.05, 0.1) is 6.42 Å². The fourth-order valence-corrected chi connectivity index (χ4v) is 3.39. The molecule has 29 heavy (non-hydrogen) atoms. The summed E-state index contributed by atoms with van der Waals surface area (Å²) in [6, 6.07) is 17.5. The maximum atomic E-state index is 12.6. The van der Waals surface area contributed by atoms with Crippen LogP contribution in [0.2, 0.25) is 0 Å². The second-order valence-electron chi connectivity index (χ2n) is 6.27. The third-order valence-electron chi connectivity index (χ3n) is 4.01. The Balaban J connectivity index is 1.65. The molecule has 0 unspecified atom stereocenters. The number of para-hydroxylation sites is 1. The highest BCUT2D eigenvalue weighted by Gasteiger charge is 2.12. The molecule has 0 aliphatic heterocycles. The number of amides is 2. The molecular weight excluding hydrogens is 388 g/mol. The van der Waals surface area contributed by atoms with Gasteiger partial charge in [-0.2, -0.15) is 0 Å². The summed E-state index contributed by atoms with van der Waals surface area (Å²) in [6.45, 7) is 1.60. The molecule has 0 saturated carbocycles. The largest absolute Gasteiger partial charge is 0.427 e. The van der Waals surface area contributed by atoms with Crippen LogP contribution >= 0.6 is 11.3 Å². The van der Waals surface area contributed by atoms with Gasteiger partial charge in [0.15, 0.2) is 0 Å². The van der Waals surface area contributed by atoms with Crippen LogP contribution in [0.15, 0.2) is 66.0 Å². The van der Waals surface area contributed by atoms with E-state index < -0.39 is 5.97 Å². The van der Waals surface area contributed by atoms with E-state index in [0.29, 0.717) is 30.0 Å². The van der Waals surface area contributed by atoms with Crippen molar-refractivity contribution in [3.05, 3.63) is 82.0 Å². The van der Waals surface area contributed by atoms with Crippen LogP contribution in [0.5, 0.6) is 5.75 Å². The fraction of sp³-hybridized carbons (Fsp3) is 0.136. The van der Waals surface area contributed by atoms with Crippen molar-refractivity contribution in [1.82, 2.24) is 5.32 Å². The molecule has 0 spiro atoms. The van der Waals surface area contributed by atoms with E-state index in [2.05, 4.69) is 10.6 Å². The molecule has 1 heterocycles. The SMILES string of the molecule is CC(=O)Oc1cccc(C(=O)Nc2ccccc2CNC(=O)Cc2cccs2)c1. The number of carbonyl (C=O) groups is 3. The summed E-state index contributed by atoms with van der Waals surface area (Å²) in [5.74, 6) is -0.565. The standard InChI is InChI=1S/C22H20N2O4S/c1-15(25)28-18-8-4-7-16(12-18)22(27)24-20-10-3-2-6-17(20)14-23-21(26)13-19-9-5-11-29-19/h2-12H,13-14H2,1H3,(H,23,26)(H,24,27). The molecule has 3 aromatic rings. The smallest absolute Gasteiger partial charge is 0.308 e. The van der Waals surface area contributed by atoms with Crippen LogP contribution in [-0.4, -0.2) is 17.8 Å². The van der Waals surface area contributed by atoms with Crippen LogP contribution in [0.3, 0.4) is 0 Å². The van der Waals surface area contributed by atoms with Crippen molar-refractivity contribution in [1.29, 1.82) is 0 Å². The van der Waals surface area contributed by atoms with E-state index in [1.807, 2.05) is 35.7 Å². The first-order valence-electron chi connectivity index (χ1n) is 8.98. The van der Waals surface area contributed by atoms with Gasteiger partial charge in [-0.15, -0.1) is 11.3 Å². The van der Waals surface area contributed by atoms with E-state index in [-0.39, 0.29) is 11.8 Å². The van der Waals surface area contributed by atoms with Crippen molar-refractivity contribution >= 4 is 34.8 Å².